The van der Waals surface area contributed by atoms with Crippen molar-refractivity contribution in [2.45, 2.75) is 31.0 Å². The molecule has 2 aliphatic heterocycles. The van der Waals surface area contributed by atoms with Crippen LogP contribution < -0.4 is 0 Å². The lowest BCUT2D eigenvalue weighted by atomic mass is 10.00. The second-order valence-electron chi connectivity index (χ2n) is 3.31. The van der Waals surface area contributed by atoms with Crippen molar-refractivity contribution >= 4 is 12.4 Å². The van der Waals surface area contributed by atoms with Crippen molar-refractivity contribution in [2.24, 2.45) is 0 Å². The van der Waals surface area contributed by atoms with Gasteiger partial charge in [-0.25, -0.2) is 0 Å². The van der Waals surface area contributed by atoms with Gasteiger partial charge >= 0.3 is 0 Å². The number of rotatable bonds is 0. The monoisotopic (exact) mass is 175 g/mol. The minimum atomic E-state index is -0.0683. The highest BCUT2D eigenvalue weighted by atomic mass is 35.5. The zero-order chi connectivity index (χ0) is 7.14. The number of hydrogen-bond acceptors (Lipinski definition) is 2. The molecule has 1 unspecified atom stereocenters. The summed E-state index contributed by atoms with van der Waals surface area (Å²) in [7, 11) is 2.13. The van der Waals surface area contributed by atoms with Gasteiger partial charge in [0.05, 0.1) is 6.10 Å². The van der Waals surface area contributed by atoms with E-state index >= 15 is 0 Å². The Balaban J connectivity index is 0.000000605. The molecule has 3 heteroatoms. The van der Waals surface area contributed by atoms with Crippen molar-refractivity contribution in [3.05, 3.63) is 12.2 Å². The van der Waals surface area contributed by atoms with E-state index in [-0.39, 0.29) is 18.5 Å². The molecule has 2 heterocycles. The quantitative estimate of drug-likeness (QED) is 0.551. The lowest BCUT2D eigenvalue weighted by Crippen LogP contribution is -2.42. The molecular weight excluding hydrogens is 162 g/mol. The van der Waals surface area contributed by atoms with E-state index in [4.69, 9.17) is 0 Å². The smallest absolute Gasteiger partial charge is 0.0576 e. The first kappa shape index (κ1) is 9.04. The molecule has 2 bridgehead atoms. The number of aliphatic hydroxyl groups is 1. The molecular formula is C8H14ClNO. The van der Waals surface area contributed by atoms with E-state index in [1.54, 1.807) is 0 Å². The van der Waals surface area contributed by atoms with Gasteiger partial charge in [-0.05, 0) is 19.9 Å². The summed E-state index contributed by atoms with van der Waals surface area (Å²) in [4.78, 5) is 2.33. The molecule has 1 N–H and O–H groups in total. The Kier molecular flexibility index (Phi) is 2.58. The largest absolute Gasteiger partial charge is 0.393 e. The summed E-state index contributed by atoms with van der Waals surface area (Å²) < 4.78 is 0. The molecule has 0 amide bonds. The third-order valence-electron chi connectivity index (χ3n) is 2.63. The van der Waals surface area contributed by atoms with Crippen molar-refractivity contribution < 1.29 is 5.11 Å². The molecule has 0 aromatic rings. The van der Waals surface area contributed by atoms with Crippen molar-refractivity contribution in [3.63, 3.8) is 0 Å². The third kappa shape index (κ3) is 1.43. The number of likely N-dealkylation sites (N-methyl/N-ethyl adjacent to an activating group) is 1. The maximum absolute atomic E-state index is 9.34. The third-order valence-corrected chi connectivity index (χ3v) is 2.63. The van der Waals surface area contributed by atoms with Crippen LogP contribution >= 0.6 is 12.4 Å². The number of piperidine rings is 1. The van der Waals surface area contributed by atoms with Gasteiger partial charge in [-0.2, -0.15) is 0 Å². The first-order valence-corrected chi connectivity index (χ1v) is 3.85. The first-order valence-electron chi connectivity index (χ1n) is 3.85. The molecule has 2 aliphatic rings. The average molecular weight is 176 g/mol. The highest BCUT2D eigenvalue weighted by Crippen LogP contribution is 2.28. The minimum absolute atomic E-state index is 0. The van der Waals surface area contributed by atoms with E-state index in [9.17, 15) is 5.11 Å². The normalized spacial score (nSPS) is 42.2. The summed E-state index contributed by atoms with van der Waals surface area (Å²) in [5, 5.41) is 9.34. The Morgan fingerprint density at radius 3 is 2.18 bits per heavy atom. The van der Waals surface area contributed by atoms with Crippen LogP contribution in [0.4, 0.5) is 0 Å². The Morgan fingerprint density at radius 2 is 1.73 bits per heavy atom. The molecule has 0 saturated carbocycles. The first-order chi connectivity index (χ1) is 4.77. The van der Waals surface area contributed by atoms with Crippen LogP contribution in [-0.4, -0.2) is 35.2 Å². The number of halogens is 1. The number of aliphatic hydroxyl groups excluding tert-OH is 1. The van der Waals surface area contributed by atoms with E-state index < -0.39 is 0 Å². The van der Waals surface area contributed by atoms with Gasteiger partial charge in [-0.1, -0.05) is 12.2 Å². The molecule has 0 aromatic carbocycles. The van der Waals surface area contributed by atoms with Crippen molar-refractivity contribution in [3.8, 4) is 0 Å². The summed E-state index contributed by atoms with van der Waals surface area (Å²) in [5.41, 5.74) is 0. The molecule has 11 heavy (non-hydrogen) atoms. The van der Waals surface area contributed by atoms with Gasteiger partial charge in [0, 0.05) is 12.1 Å². The van der Waals surface area contributed by atoms with Crippen LogP contribution in [0, 0.1) is 0 Å². The minimum Gasteiger partial charge on any atom is -0.393 e. The molecule has 0 aromatic heterocycles. The number of fused-ring (bicyclic) bond motifs is 2. The molecule has 3 atom stereocenters. The fourth-order valence-corrected chi connectivity index (χ4v) is 1.92. The molecule has 0 spiro atoms. The number of hydrogen-bond donors (Lipinski definition) is 1. The average Bonchev–Trinajstić information content (AvgIpc) is 2.20. The van der Waals surface area contributed by atoms with Gasteiger partial charge in [0.25, 0.3) is 0 Å². The second kappa shape index (κ2) is 3.13. The van der Waals surface area contributed by atoms with E-state index in [2.05, 4.69) is 24.1 Å². The van der Waals surface area contributed by atoms with Crippen LogP contribution in [0.5, 0.6) is 0 Å². The predicted molar refractivity (Wildman–Crippen MR) is 47.0 cm³/mol. The van der Waals surface area contributed by atoms with Crippen LogP contribution in [-0.2, 0) is 0 Å². The fourth-order valence-electron chi connectivity index (χ4n) is 1.92. The van der Waals surface area contributed by atoms with Gasteiger partial charge in [0.15, 0.2) is 0 Å². The molecule has 0 radical (unpaired) electrons. The molecule has 64 valence electrons. The second-order valence-corrected chi connectivity index (χ2v) is 3.31. The molecule has 2 nitrogen and oxygen atoms in total. The van der Waals surface area contributed by atoms with Gasteiger partial charge in [-0.3, -0.25) is 4.90 Å². The molecule has 0 aliphatic carbocycles. The molecule has 1 saturated heterocycles. The lowest BCUT2D eigenvalue weighted by molar-refractivity contribution is 0.0586. The van der Waals surface area contributed by atoms with Crippen LogP contribution in [0.3, 0.4) is 0 Å². The maximum atomic E-state index is 9.34. The lowest BCUT2D eigenvalue weighted by Gasteiger charge is -2.34. The summed E-state index contributed by atoms with van der Waals surface area (Å²) in [6.07, 6.45) is 6.19. The van der Waals surface area contributed by atoms with Gasteiger partial charge in [0.2, 0.25) is 0 Å². The fraction of sp³-hybridized carbons (Fsp3) is 0.750. The summed E-state index contributed by atoms with van der Waals surface area (Å²) in [6.45, 7) is 0. The predicted octanol–water partition coefficient (Wildman–Crippen LogP) is 0.802. The van der Waals surface area contributed by atoms with Gasteiger partial charge in [0.1, 0.15) is 0 Å². The van der Waals surface area contributed by atoms with Crippen molar-refractivity contribution in [1.29, 1.82) is 0 Å². The van der Waals surface area contributed by atoms with E-state index in [0.717, 1.165) is 12.8 Å². The van der Waals surface area contributed by atoms with Crippen LogP contribution in [0.2, 0.25) is 0 Å². The maximum Gasteiger partial charge on any atom is 0.0576 e. The Bertz CT molecular complexity index is 155. The highest BCUT2D eigenvalue weighted by molar-refractivity contribution is 5.85. The van der Waals surface area contributed by atoms with E-state index in [1.807, 2.05) is 0 Å². The van der Waals surface area contributed by atoms with E-state index in [0.29, 0.717) is 12.1 Å². The molecule has 1 fully saturated rings. The standard InChI is InChI=1S/C8H13NO.ClH/c1-9-6-2-3-7(9)5-8(10)4-6;/h2-3,6-8,10H,4-5H2,1H3;1H/t6-,7+,8?;. The van der Waals surface area contributed by atoms with Gasteiger partial charge < -0.3 is 5.11 Å². The zero-order valence-corrected chi connectivity index (χ0v) is 7.42. The van der Waals surface area contributed by atoms with Crippen LogP contribution in [0.1, 0.15) is 12.8 Å². The summed E-state index contributed by atoms with van der Waals surface area (Å²) >= 11 is 0. The summed E-state index contributed by atoms with van der Waals surface area (Å²) in [5.74, 6) is 0. The number of nitrogens with zero attached hydrogens (tertiary/aromatic N) is 1. The Morgan fingerprint density at radius 1 is 1.27 bits per heavy atom. The Labute approximate surface area is 73.3 Å². The zero-order valence-electron chi connectivity index (χ0n) is 6.60. The summed E-state index contributed by atoms with van der Waals surface area (Å²) in [6, 6.07) is 1.02. The highest BCUT2D eigenvalue weighted by Gasteiger charge is 2.33. The van der Waals surface area contributed by atoms with Crippen LogP contribution in [0.15, 0.2) is 12.2 Å². The Hall–Kier alpha value is -0.0500. The van der Waals surface area contributed by atoms with Crippen LogP contribution in [0.25, 0.3) is 0 Å². The SMILES string of the molecule is CN1[C@@H]2C=C[C@H]1CC(O)C2.Cl. The topological polar surface area (TPSA) is 23.5 Å². The molecule has 2 rings (SSSR count). The van der Waals surface area contributed by atoms with Crippen molar-refractivity contribution in [2.75, 3.05) is 7.05 Å². The van der Waals surface area contributed by atoms with Gasteiger partial charge in [-0.15, -0.1) is 12.4 Å². The van der Waals surface area contributed by atoms with Crippen molar-refractivity contribution in [1.82, 2.24) is 4.90 Å². The van der Waals surface area contributed by atoms with E-state index in [1.165, 1.54) is 0 Å².